The van der Waals surface area contributed by atoms with Gasteiger partial charge in [-0.1, -0.05) is 6.42 Å². The van der Waals surface area contributed by atoms with Gasteiger partial charge in [0.15, 0.2) is 0 Å². The third kappa shape index (κ3) is 1.44. The molecule has 1 saturated carbocycles. The van der Waals surface area contributed by atoms with Gasteiger partial charge < -0.3 is 5.11 Å². The van der Waals surface area contributed by atoms with Gasteiger partial charge in [0, 0.05) is 11.3 Å². The number of nitrogens with zero attached hydrogens (tertiary/aromatic N) is 1. The van der Waals surface area contributed by atoms with Crippen molar-refractivity contribution in [3.63, 3.8) is 0 Å². The van der Waals surface area contributed by atoms with Crippen LogP contribution in [0, 0.1) is 10.1 Å². The second-order valence-electron chi connectivity index (χ2n) is 2.70. The van der Waals surface area contributed by atoms with Gasteiger partial charge in [0.25, 0.3) is 0 Å². The van der Waals surface area contributed by atoms with Crippen LogP contribution in [0.15, 0.2) is 0 Å². The summed E-state index contributed by atoms with van der Waals surface area (Å²) in [5.74, 6) is 0. The zero-order chi connectivity index (χ0) is 7.56. The van der Waals surface area contributed by atoms with Gasteiger partial charge in [0.05, 0.1) is 0 Å². The zero-order valence-electron chi connectivity index (χ0n) is 5.69. The molecule has 1 fully saturated rings. The first-order valence-corrected chi connectivity index (χ1v) is 3.53. The summed E-state index contributed by atoms with van der Waals surface area (Å²) in [4.78, 5) is 9.84. The van der Waals surface area contributed by atoms with Crippen molar-refractivity contribution in [2.75, 3.05) is 0 Å². The van der Waals surface area contributed by atoms with Gasteiger partial charge in [-0.05, 0) is 12.8 Å². The predicted molar refractivity (Wildman–Crippen MR) is 35.3 cm³/mol. The number of hydrogen-bond acceptors (Lipinski definition) is 3. The fraction of sp³-hybridized carbons (Fsp3) is 1.00. The van der Waals surface area contributed by atoms with Gasteiger partial charge in [-0.25, -0.2) is 0 Å². The first-order valence-electron chi connectivity index (χ1n) is 3.53. The van der Waals surface area contributed by atoms with Crippen molar-refractivity contribution in [2.24, 2.45) is 0 Å². The Kier molecular flexibility index (Phi) is 2.21. The maximum absolute atomic E-state index is 10.2. The normalized spacial score (nSPS) is 33.7. The lowest BCUT2D eigenvalue weighted by atomic mass is 9.93. The highest BCUT2D eigenvalue weighted by Gasteiger charge is 2.31. The molecule has 4 heteroatoms. The summed E-state index contributed by atoms with van der Waals surface area (Å²) in [5.41, 5.74) is 0. The van der Waals surface area contributed by atoms with Crippen molar-refractivity contribution < 1.29 is 10.0 Å². The van der Waals surface area contributed by atoms with E-state index in [2.05, 4.69) is 0 Å². The first kappa shape index (κ1) is 7.47. The molecule has 0 aromatic carbocycles. The molecule has 58 valence electrons. The quantitative estimate of drug-likeness (QED) is 0.433. The Balaban J connectivity index is 2.47. The monoisotopic (exact) mass is 145 g/mol. The number of hydrogen-bond donors (Lipinski definition) is 1. The van der Waals surface area contributed by atoms with Crippen molar-refractivity contribution in [1.82, 2.24) is 0 Å². The molecule has 0 bridgehead atoms. The van der Waals surface area contributed by atoms with Crippen molar-refractivity contribution in [1.29, 1.82) is 0 Å². The molecular formula is C6H11NO3. The van der Waals surface area contributed by atoms with Crippen molar-refractivity contribution in [3.05, 3.63) is 10.1 Å². The van der Waals surface area contributed by atoms with Crippen LogP contribution in [-0.4, -0.2) is 22.2 Å². The predicted octanol–water partition coefficient (Wildman–Crippen LogP) is 0.567. The van der Waals surface area contributed by atoms with Crippen LogP contribution >= 0.6 is 0 Å². The lowest BCUT2D eigenvalue weighted by Crippen LogP contribution is -2.36. The number of aliphatic hydroxyl groups is 1. The average Bonchev–Trinajstić information content (AvgIpc) is 1.88. The number of aliphatic hydroxyl groups excluding tert-OH is 1. The van der Waals surface area contributed by atoms with E-state index in [4.69, 9.17) is 5.11 Å². The minimum absolute atomic E-state index is 0.371. The van der Waals surface area contributed by atoms with Crippen LogP contribution < -0.4 is 0 Å². The minimum atomic E-state index is -0.705. The van der Waals surface area contributed by atoms with E-state index in [9.17, 15) is 10.1 Å². The number of rotatable bonds is 1. The Morgan fingerprint density at radius 1 is 1.40 bits per heavy atom. The molecule has 1 N–H and O–H groups in total. The SMILES string of the molecule is O=[N+]([O-])[C@@H]1CCCC[C@H]1O. The summed E-state index contributed by atoms with van der Waals surface area (Å²) in [7, 11) is 0. The van der Waals surface area contributed by atoms with E-state index in [0.717, 1.165) is 12.8 Å². The van der Waals surface area contributed by atoms with Gasteiger partial charge in [-0.3, -0.25) is 10.1 Å². The van der Waals surface area contributed by atoms with E-state index >= 15 is 0 Å². The molecule has 1 aliphatic rings. The summed E-state index contributed by atoms with van der Waals surface area (Å²) in [6.07, 6.45) is 2.22. The molecule has 1 aliphatic carbocycles. The molecule has 2 atom stereocenters. The standard InChI is InChI=1S/C6H11NO3/c8-6-4-2-1-3-5(6)7(9)10/h5-6,8H,1-4H2/t5-,6-/m1/s1. The second kappa shape index (κ2) is 2.96. The summed E-state index contributed by atoms with van der Waals surface area (Å²) in [6.45, 7) is 0. The Morgan fingerprint density at radius 3 is 2.40 bits per heavy atom. The summed E-state index contributed by atoms with van der Waals surface area (Å²) < 4.78 is 0. The van der Waals surface area contributed by atoms with Gasteiger partial charge >= 0.3 is 0 Å². The summed E-state index contributed by atoms with van der Waals surface area (Å²) in [6, 6.07) is -0.700. The highest BCUT2D eigenvalue weighted by Crippen LogP contribution is 2.19. The molecule has 0 unspecified atom stereocenters. The highest BCUT2D eigenvalue weighted by molar-refractivity contribution is 4.73. The summed E-state index contributed by atoms with van der Waals surface area (Å²) in [5, 5.41) is 19.3. The van der Waals surface area contributed by atoms with Gasteiger partial charge in [-0.2, -0.15) is 0 Å². The molecule has 4 nitrogen and oxygen atoms in total. The maximum atomic E-state index is 10.2. The van der Waals surface area contributed by atoms with E-state index < -0.39 is 12.1 Å². The first-order chi connectivity index (χ1) is 4.72. The second-order valence-corrected chi connectivity index (χ2v) is 2.70. The van der Waals surface area contributed by atoms with E-state index in [0.29, 0.717) is 12.8 Å². The largest absolute Gasteiger partial charge is 0.386 e. The van der Waals surface area contributed by atoms with Gasteiger partial charge in [0.1, 0.15) is 6.10 Å². The molecular weight excluding hydrogens is 134 g/mol. The lowest BCUT2D eigenvalue weighted by molar-refractivity contribution is -0.537. The molecule has 0 amide bonds. The topological polar surface area (TPSA) is 63.4 Å². The summed E-state index contributed by atoms with van der Waals surface area (Å²) >= 11 is 0. The Bertz CT molecular complexity index is 137. The van der Waals surface area contributed by atoms with Crippen LogP contribution in [0.5, 0.6) is 0 Å². The lowest BCUT2D eigenvalue weighted by Gasteiger charge is -2.20. The van der Waals surface area contributed by atoms with Crippen molar-refractivity contribution in [3.8, 4) is 0 Å². The third-order valence-corrected chi connectivity index (χ3v) is 1.96. The van der Waals surface area contributed by atoms with Crippen molar-refractivity contribution in [2.45, 2.75) is 37.8 Å². The fourth-order valence-electron chi connectivity index (χ4n) is 1.34. The Hall–Kier alpha value is -0.640. The molecule has 0 spiro atoms. The van der Waals surface area contributed by atoms with Gasteiger partial charge in [0.2, 0.25) is 6.04 Å². The van der Waals surface area contributed by atoms with E-state index in [1.807, 2.05) is 0 Å². The minimum Gasteiger partial charge on any atom is -0.386 e. The third-order valence-electron chi connectivity index (χ3n) is 1.96. The smallest absolute Gasteiger partial charge is 0.238 e. The number of nitro groups is 1. The van der Waals surface area contributed by atoms with Crippen LogP contribution in [0.1, 0.15) is 25.7 Å². The molecule has 0 aromatic heterocycles. The van der Waals surface area contributed by atoms with Crippen LogP contribution in [0.25, 0.3) is 0 Å². The average molecular weight is 145 g/mol. The van der Waals surface area contributed by atoms with Crippen molar-refractivity contribution >= 4 is 0 Å². The molecule has 1 rings (SSSR count). The molecule has 10 heavy (non-hydrogen) atoms. The van der Waals surface area contributed by atoms with Gasteiger partial charge in [-0.15, -0.1) is 0 Å². The van der Waals surface area contributed by atoms with E-state index in [1.54, 1.807) is 0 Å². The van der Waals surface area contributed by atoms with E-state index in [1.165, 1.54) is 0 Å². The Morgan fingerprint density at radius 2 is 2.00 bits per heavy atom. The molecule has 0 aromatic rings. The molecule has 0 heterocycles. The van der Waals surface area contributed by atoms with Crippen LogP contribution in [0.4, 0.5) is 0 Å². The fourth-order valence-corrected chi connectivity index (χ4v) is 1.34. The molecule has 0 aliphatic heterocycles. The van der Waals surface area contributed by atoms with Crippen LogP contribution in [-0.2, 0) is 0 Å². The highest BCUT2D eigenvalue weighted by atomic mass is 16.6. The van der Waals surface area contributed by atoms with E-state index in [-0.39, 0.29) is 4.92 Å². The zero-order valence-corrected chi connectivity index (χ0v) is 5.69. The van der Waals surface area contributed by atoms with Crippen LogP contribution in [0.2, 0.25) is 0 Å². The molecule has 0 radical (unpaired) electrons. The maximum Gasteiger partial charge on any atom is 0.238 e. The molecule has 0 saturated heterocycles. The van der Waals surface area contributed by atoms with Crippen LogP contribution in [0.3, 0.4) is 0 Å². The Labute approximate surface area is 59.0 Å².